The lowest BCUT2D eigenvalue weighted by Crippen LogP contribution is -2.46. The molecule has 2 aliphatic rings. The van der Waals surface area contributed by atoms with E-state index in [-0.39, 0.29) is 0 Å². The van der Waals surface area contributed by atoms with Gasteiger partial charge in [0.2, 0.25) is 0 Å². The summed E-state index contributed by atoms with van der Waals surface area (Å²) in [6.07, 6.45) is 1.22. The highest BCUT2D eigenvalue weighted by molar-refractivity contribution is 7.10. The molecule has 1 unspecified atom stereocenters. The highest BCUT2D eigenvalue weighted by atomic mass is 32.1. The fraction of sp³-hybridized carbons (Fsp3) is 0.688. The Hall–Kier alpha value is -1.11. The van der Waals surface area contributed by atoms with Crippen LogP contribution < -0.4 is 5.32 Å². The molecule has 122 valence electrons. The van der Waals surface area contributed by atoms with Gasteiger partial charge in [0.1, 0.15) is 0 Å². The van der Waals surface area contributed by atoms with Gasteiger partial charge in [-0.15, -0.1) is 11.3 Å². The minimum atomic E-state index is 0.644. The zero-order chi connectivity index (χ0) is 15.4. The van der Waals surface area contributed by atoms with Crippen molar-refractivity contribution in [2.45, 2.75) is 25.9 Å². The summed E-state index contributed by atoms with van der Waals surface area (Å²) < 4.78 is 5.46. The molecule has 0 aliphatic carbocycles. The summed E-state index contributed by atoms with van der Waals surface area (Å²) in [5.74, 6) is 1.03. The predicted molar refractivity (Wildman–Crippen MR) is 91.6 cm³/mol. The van der Waals surface area contributed by atoms with Gasteiger partial charge < -0.3 is 15.0 Å². The number of aryl methyl sites for hydroxylation is 1. The normalized spacial score (nSPS) is 24.0. The standard InChI is InChI=1S/C16H26N4OS/c1-13-4-10-22-15(13)11-18-16(17-2)20-5-3-14(12-20)19-6-8-21-9-7-19/h4,10,14H,3,5-9,11-12H2,1-2H3,(H,17,18). The van der Waals surface area contributed by atoms with E-state index in [4.69, 9.17) is 4.74 Å². The number of rotatable bonds is 3. The third-order valence-corrected chi connectivity index (χ3v) is 5.64. The molecule has 3 heterocycles. The molecule has 22 heavy (non-hydrogen) atoms. The molecule has 6 heteroatoms. The second-order valence-corrected chi connectivity index (χ2v) is 6.97. The van der Waals surface area contributed by atoms with Crippen LogP contribution >= 0.6 is 11.3 Å². The van der Waals surface area contributed by atoms with E-state index >= 15 is 0 Å². The van der Waals surface area contributed by atoms with Gasteiger partial charge in [0.05, 0.1) is 19.8 Å². The van der Waals surface area contributed by atoms with E-state index in [1.54, 1.807) is 0 Å². The summed E-state index contributed by atoms with van der Waals surface area (Å²) in [7, 11) is 1.88. The van der Waals surface area contributed by atoms with Crippen LogP contribution in [0, 0.1) is 6.92 Å². The Kier molecular flexibility index (Phi) is 5.33. The zero-order valence-corrected chi connectivity index (χ0v) is 14.4. The first-order valence-electron chi connectivity index (χ1n) is 8.08. The molecule has 0 spiro atoms. The maximum Gasteiger partial charge on any atom is 0.193 e. The van der Waals surface area contributed by atoms with Crippen molar-refractivity contribution >= 4 is 17.3 Å². The quantitative estimate of drug-likeness (QED) is 0.677. The van der Waals surface area contributed by atoms with Crippen molar-refractivity contribution in [1.82, 2.24) is 15.1 Å². The molecule has 0 amide bonds. The number of ether oxygens (including phenoxy) is 1. The van der Waals surface area contributed by atoms with Crippen molar-refractivity contribution < 1.29 is 4.74 Å². The van der Waals surface area contributed by atoms with Crippen LogP contribution in [-0.2, 0) is 11.3 Å². The summed E-state index contributed by atoms with van der Waals surface area (Å²) in [5.41, 5.74) is 1.36. The minimum absolute atomic E-state index is 0.644. The van der Waals surface area contributed by atoms with Gasteiger partial charge in [0, 0.05) is 44.1 Å². The maximum atomic E-state index is 5.46. The smallest absolute Gasteiger partial charge is 0.193 e. The maximum absolute atomic E-state index is 5.46. The molecule has 1 aromatic rings. The topological polar surface area (TPSA) is 40.1 Å². The van der Waals surface area contributed by atoms with Gasteiger partial charge in [-0.25, -0.2) is 0 Å². The Balaban J connectivity index is 1.52. The van der Waals surface area contributed by atoms with Crippen LogP contribution in [0.25, 0.3) is 0 Å². The molecule has 5 nitrogen and oxygen atoms in total. The first-order valence-corrected chi connectivity index (χ1v) is 8.96. The highest BCUT2D eigenvalue weighted by Gasteiger charge is 2.30. The molecule has 0 saturated carbocycles. The molecule has 2 fully saturated rings. The lowest BCUT2D eigenvalue weighted by atomic mass is 10.2. The summed E-state index contributed by atoms with van der Waals surface area (Å²) in [5, 5.41) is 5.67. The number of nitrogens with one attached hydrogen (secondary N) is 1. The van der Waals surface area contributed by atoms with Crippen LogP contribution in [0.5, 0.6) is 0 Å². The number of guanidine groups is 1. The Morgan fingerprint density at radius 3 is 2.91 bits per heavy atom. The van der Waals surface area contributed by atoms with Crippen molar-refractivity contribution in [3.8, 4) is 0 Å². The van der Waals surface area contributed by atoms with E-state index in [1.165, 1.54) is 16.9 Å². The van der Waals surface area contributed by atoms with Crippen LogP contribution in [0.15, 0.2) is 16.4 Å². The fourth-order valence-electron chi connectivity index (χ4n) is 3.25. The molecule has 0 radical (unpaired) electrons. The van der Waals surface area contributed by atoms with Crippen molar-refractivity contribution in [2.24, 2.45) is 4.99 Å². The van der Waals surface area contributed by atoms with Gasteiger partial charge in [-0.05, 0) is 30.4 Å². The SMILES string of the molecule is CN=C(NCc1sccc1C)N1CCC(N2CCOCC2)C1. The van der Waals surface area contributed by atoms with E-state index < -0.39 is 0 Å². The van der Waals surface area contributed by atoms with E-state index in [1.807, 2.05) is 18.4 Å². The summed E-state index contributed by atoms with van der Waals surface area (Å²) >= 11 is 1.81. The third-order valence-electron chi connectivity index (χ3n) is 4.61. The van der Waals surface area contributed by atoms with Gasteiger partial charge in [-0.3, -0.25) is 9.89 Å². The Bertz CT molecular complexity index is 510. The van der Waals surface area contributed by atoms with E-state index in [0.29, 0.717) is 6.04 Å². The lowest BCUT2D eigenvalue weighted by molar-refractivity contribution is 0.0195. The number of aliphatic imine (C=N–C) groups is 1. The molecule has 0 aromatic carbocycles. The van der Waals surface area contributed by atoms with Gasteiger partial charge in [-0.1, -0.05) is 0 Å². The largest absolute Gasteiger partial charge is 0.379 e. The lowest BCUT2D eigenvalue weighted by Gasteiger charge is -2.32. The molecule has 2 aliphatic heterocycles. The molecule has 2 saturated heterocycles. The molecule has 0 bridgehead atoms. The van der Waals surface area contributed by atoms with Crippen LogP contribution in [0.1, 0.15) is 16.9 Å². The number of likely N-dealkylation sites (tertiary alicyclic amines) is 1. The number of hydrogen-bond acceptors (Lipinski definition) is 4. The van der Waals surface area contributed by atoms with Crippen LogP contribution in [0.3, 0.4) is 0 Å². The van der Waals surface area contributed by atoms with Crippen molar-refractivity contribution in [2.75, 3.05) is 46.4 Å². The first kappa shape index (κ1) is 15.8. The van der Waals surface area contributed by atoms with Crippen molar-refractivity contribution in [1.29, 1.82) is 0 Å². The van der Waals surface area contributed by atoms with E-state index in [2.05, 4.69) is 38.5 Å². The molecule has 1 N–H and O–H groups in total. The fourth-order valence-corrected chi connectivity index (χ4v) is 4.10. The van der Waals surface area contributed by atoms with Gasteiger partial charge in [0.15, 0.2) is 5.96 Å². The number of hydrogen-bond donors (Lipinski definition) is 1. The molecular weight excluding hydrogens is 296 g/mol. The minimum Gasteiger partial charge on any atom is -0.379 e. The second kappa shape index (κ2) is 7.44. The molecule has 1 atom stereocenters. The van der Waals surface area contributed by atoms with Crippen LogP contribution in [0.4, 0.5) is 0 Å². The van der Waals surface area contributed by atoms with E-state index in [0.717, 1.165) is 51.9 Å². The van der Waals surface area contributed by atoms with Crippen molar-refractivity contribution in [3.05, 3.63) is 21.9 Å². The monoisotopic (exact) mass is 322 g/mol. The summed E-state index contributed by atoms with van der Waals surface area (Å²) in [6, 6.07) is 2.82. The van der Waals surface area contributed by atoms with Crippen molar-refractivity contribution in [3.63, 3.8) is 0 Å². The van der Waals surface area contributed by atoms with Crippen LogP contribution in [-0.4, -0.2) is 68.2 Å². The van der Waals surface area contributed by atoms with E-state index in [9.17, 15) is 0 Å². The first-order chi connectivity index (χ1) is 10.8. The van der Waals surface area contributed by atoms with Gasteiger partial charge >= 0.3 is 0 Å². The number of nitrogens with zero attached hydrogens (tertiary/aromatic N) is 3. The van der Waals surface area contributed by atoms with Gasteiger partial charge in [0.25, 0.3) is 0 Å². The molecular formula is C16H26N4OS. The predicted octanol–water partition coefficient (Wildman–Crippen LogP) is 1.54. The second-order valence-electron chi connectivity index (χ2n) is 5.96. The zero-order valence-electron chi connectivity index (χ0n) is 13.5. The molecule has 3 rings (SSSR count). The van der Waals surface area contributed by atoms with Gasteiger partial charge in [-0.2, -0.15) is 0 Å². The molecule has 1 aromatic heterocycles. The Labute approximate surface area is 137 Å². The highest BCUT2D eigenvalue weighted by Crippen LogP contribution is 2.18. The summed E-state index contributed by atoms with van der Waals surface area (Å²) in [4.78, 5) is 10.8. The Morgan fingerprint density at radius 1 is 1.41 bits per heavy atom. The number of thiophene rings is 1. The van der Waals surface area contributed by atoms with Crippen LogP contribution in [0.2, 0.25) is 0 Å². The number of morpholine rings is 1. The average Bonchev–Trinajstić information content (AvgIpc) is 3.19. The third kappa shape index (κ3) is 3.62. The Morgan fingerprint density at radius 2 is 2.23 bits per heavy atom. The summed E-state index contributed by atoms with van der Waals surface area (Å²) in [6.45, 7) is 9.09. The average molecular weight is 322 g/mol.